The summed E-state index contributed by atoms with van der Waals surface area (Å²) in [5.41, 5.74) is 6.01. The van der Waals surface area contributed by atoms with Crippen LogP contribution in [0.1, 0.15) is 64.8 Å². The van der Waals surface area contributed by atoms with Crippen molar-refractivity contribution < 1.29 is 9.26 Å². The summed E-state index contributed by atoms with van der Waals surface area (Å²) in [7, 11) is 0. The second-order valence-electron chi connectivity index (χ2n) is 5.99. The van der Waals surface area contributed by atoms with Gasteiger partial charge < -0.3 is 15.0 Å². The molecule has 5 heteroatoms. The molecule has 0 aromatic carbocycles. The molecule has 2 rings (SSSR count). The summed E-state index contributed by atoms with van der Waals surface area (Å²) < 4.78 is 11.2. The first kappa shape index (κ1) is 14.5. The lowest BCUT2D eigenvalue weighted by Gasteiger charge is -2.24. The van der Waals surface area contributed by atoms with Gasteiger partial charge in [-0.2, -0.15) is 4.98 Å². The van der Waals surface area contributed by atoms with Crippen molar-refractivity contribution in [3.05, 3.63) is 11.7 Å². The number of hydrogen-bond donors (Lipinski definition) is 1. The summed E-state index contributed by atoms with van der Waals surface area (Å²) in [5.74, 6) is 1.63. The van der Waals surface area contributed by atoms with E-state index in [9.17, 15) is 0 Å². The highest BCUT2D eigenvalue weighted by molar-refractivity contribution is 5.12. The van der Waals surface area contributed by atoms with E-state index in [2.05, 4.69) is 30.9 Å². The predicted molar refractivity (Wildman–Crippen MR) is 72.7 cm³/mol. The van der Waals surface area contributed by atoms with Crippen LogP contribution in [-0.2, 0) is 10.2 Å². The first-order chi connectivity index (χ1) is 8.99. The summed E-state index contributed by atoms with van der Waals surface area (Å²) in [4.78, 5) is 4.57. The van der Waals surface area contributed by atoms with Gasteiger partial charge in [0, 0.05) is 12.6 Å². The lowest BCUT2D eigenvalue weighted by molar-refractivity contribution is 0.0217. The summed E-state index contributed by atoms with van der Waals surface area (Å²) in [6, 6.07) is 0.102. The number of hydrogen-bond acceptors (Lipinski definition) is 5. The fourth-order valence-electron chi connectivity index (χ4n) is 2.79. The van der Waals surface area contributed by atoms with Crippen LogP contribution in [0.2, 0.25) is 0 Å². The van der Waals surface area contributed by atoms with Crippen molar-refractivity contribution >= 4 is 0 Å². The van der Waals surface area contributed by atoms with Crippen molar-refractivity contribution in [3.8, 4) is 0 Å². The topological polar surface area (TPSA) is 74.2 Å². The quantitative estimate of drug-likeness (QED) is 0.887. The summed E-state index contributed by atoms with van der Waals surface area (Å²) in [6.07, 6.45) is 3.04. The van der Waals surface area contributed by atoms with E-state index in [0.717, 1.165) is 19.3 Å². The molecular formula is C14H25N3O2. The van der Waals surface area contributed by atoms with Crippen LogP contribution in [-0.4, -0.2) is 22.8 Å². The molecule has 1 aromatic rings. The average Bonchev–Trinajstić information content (AvgIpc) is 2.95. The molecule has 108 valence electrons. The third kappa shape index (κ3) is 2.67. The van der Waals surface area contributed by atoms with E-state index >= 15 is 0 Å². The molecule has 0 saturated heterocycles. The maximum absolute atomic E-state index is 6.19. The Morgan fingerprint density at radius 3 is 2.79 bits per heavy atom. The van der Waals surface area contributed by atoms with Gasteiger partial charge in [-0.25, -0.2) is 0 Å². The zero-order valence-corrected chi connectivity index (χ0v) is 12.3. The first-order valence-electron chi connectivity index (χ1n) is 7.20. The van der Waals surface area contributed by atoms with Gasteiger partial charge in [0.15, 0.2) is 0 Å². The molecule has 19 heavy (non-hydrogen) atoms. The summed E-state index contributed by atoms with van der Waals surface area (Å²) in [5, 5.41) is 4.11. The maximum atomic E-state index is 6.19. The smallest absolute Gasteiger partial charge is 0.234 e. The Bertz CT molecular complexity index is 419. The highest BCUT2D eigenvalue weighted by Gasteiger charge is 2.43. The zero-order valence-electron chi connectivity index (χ0n) is 12.3. The molecule has 3 atom stereocenters. The fraction of sp³-hybridized carbons (Fsp3) is 0.857. The van der Waals surface area contributed by atoms with Gasteiger partial charge in [0.05, 0.1) is 5.41 Å². The molecule has 2 N–H and O–H groups in total. The van der Waals surface area contributed by atoms with Gasteiger partial charge >= 0.3 is 0 Å². The predicted octanol–water partition coefficient (Wildman–Crippen LogP) is 2.57. The Balaban J connectivity index is 2.23. The van der Waals surface area contributed by atoms with Gasteiger partial charge in [0.1, 0.15) is 6.10 Å². The largest absolute Gasteiger partial charge is 0.370 e. The maximum Gasteiger partial charge on any atom is 0.234 e. The molecule has 0 spiro atoms. The molecule has 1 heterocycles. The van der Waals surface area contributed by atoms with Crippen LogP contribution >= 0.6 is 0 Å². The van der Waals surface area contributed by atoms with Crippen LogP contribution in [0.5, 0.6) is 0 Å². The van der Waals surface area contributed by atoms with E-state index in [-0.39, 0.29) is 17.6 Å². The molecule has 1 aromatic heterocycles. The normalized spacial score (nSPS) is 29.1. The number of nitrogens with zero attached hydrogens (tertiary/aromatic N) is 2. The third-order valence-electron chi connectivity index (χ3n) is 4.17. The van der Waals surface area contributed by atoms with Gasteiger partial charge in [-0.3, -0.25) is 0 Å². The Morgan fingerprint density at radius 1 is 1.53 bits per heavy atom. The fourth-order valence-corrected chi connectivity index (χ4v) is 2.79. The summed E-state index contributed by atoms with van der Waals surface area (Å²) in [6.45, 7) is 8.93. The second kappa shape index (κ2) is 5.59. The van der Waals surface area contributed by atoms with Crippen LogP contribution in [0.25, 0.3) is 0 Å². The van der Waals surface area contributed by atoms with E-state index < -0.39 is 0 Å². The number of nitrogens with two attached hydrogens (primary N) is 1. The SMILES string of the molecule is CCOC(c1noc(C2(C)CCCC2N)n1)C(C)C. The zero-order chi connectivity index (χ0) is 14.0. The van der Waals surface area contributed by atoms with Gasteiger partial charge in [-0.1, -0.05) is 25.4 Å². The highest BCUT2D eigenvalue weighted by atomic mass is 16.5. The molecule has 0 bridgehead atoms. The molecule has 1 aliphatic carbocycles. The highest BCUT2D eigenvalue weighted by Crippen LogP contribution is 2.39. The van der Waals surface area contributed by atoms with E-state index in [4.69, 9.17) is 15.0 Å². The number of ether oxygens (including phenoxy) is 1. The second-order valence-corrected chi connectivity index (χ2v) is 5.99. The van der Waals surface area contributed by atoms with E-state index in [0.29, 0.717) is 24.2 Å². The van der Waals surface area contributed by atoms with Crippen LogP contribution < -0.4 is 5.73 Å². The molecule has 0 radical (unpaired) electrons. The van der Waals surface area contributed by atoms with Gasteiger partial charge in [-0.15, -0.1) is 0 Å². The standard InChI is InChI=1S/C14H25N3O2/c1-5-18-11(9(2)3)12-16-13(19-17-12)14(4)8-6-7-10(14)15/h9-11H,5-8,15H2,1-4H3. The number of rotatable bonds is 5. The Labute approximate surface area is 114 Å². The minimum Gasteiger partial charge on any atom is -0.370 e. The van der Waals surface area contributed by atoms with Crippen molar-refractivity contribution in [2.24, 2.45) is 11.7 Å². The molecule has 0 aliphatic heterocycles. The van der Waals surface area contributed by atoms with E-state index in [1.54, 1.807) is 0 Å². The Morgan fingerprint density at radius 2 is 2.26 bits per heavy atom. The van der Waals surface area contributed by atoms with Crippen molar-refractivity contribution in [2.45, 2.75) is 64.5 Å². The van der Waals surface area contributed by atoms with E-state index in [1.807, 2.05) is 6.92 Å². The first-order valence-corrected chi connectivity index (χ1v) is 7.20. The average molecular weight is 267 g/mol. The monoisotopic (exact) mass is 267 g/mol. The molecule has 1 aliphatic rings. The molecule has 1 fully saturated rings. The Kier molecular flexibility index (Phi) is 4.26. The van der Waals surface area contributed by atoms with Crippen LogP contribution in [0.4, 0.5) is 0 Å². The van der Waals surface area contributed by atoms with Gasteiger partial charge in [-0.05, 0) is 32.6 Å². The summed E-state index contributed by atoms with van der Waals surface area (Å²) >= 11 is 0. The van der Waals surface area contributed by atoms with Crippen LogP contribution in [0.3, 0.4) is 0 Å². The lowest BCUT2D eigenvalue weighted by Crippen LogP contribution is -2.38. The lowest BCUT2D eigenvalue weighted by atomic mass is 9.85. The van der Waals surface area contributed by atoms with E-state index in [1.165, 1.54) is 0 Å². The van der Waals surface area contributed by atoms with Crippen LogP contribution in [0.15, 0.2) is 4.52 Å². The van der Waals surface area contributed by atoms with Crippen molar-refractivity contribution in [1.29, 1.82) is 0 Å². The van der Waals surface area contributed by atoms with Crippen molar-refractivity contribution in [2.75, 3.05) is 6.61 Å². The van der Waals surface area contributed by atoms with Gasteiger partial charge in [0.2, 0.25) is 11.7 Å². The van der Waals surface area contributed by atoms with Crippen molar-refractivity contribution in [1.82, 2.24) is 10.1 Å². The van der Waals surface area contributed by atoms with Crippen LogP contribution in [0, 0.1) is 5.92 Å². The molecule has 0 amide bonds. The molecule has 5 nitrogen and oxygen atoms in total. The molecule has 1 saturated carbocycles. The van der Waals surface area contributed by atoms with Gasteiger partial charge in [0.25, 0.3) is 0 Å². The minimum atomic E-state index is -0.182. The third-order valence-corrected chi connectivity index (χ3v) is 4.17. The van der Waals surface area contributed by atoms with Crippen molar-refractivity contribution in [3.63, 3.8) is 0 Å². The minimum absolute atomic E-state index is 0.102. The Hall–Kier alpha value is -0.940. The molecular weight excluding hydrogens is 242 g/mol. The molecule has 3 unspecified atom stereocenters. The number of aromatic nitrogens is 2.